The van der Waals surface area contributed by atoms with E-state index in [9.17, 15) is 19.2 Å². The second-order valence-electron chi connectivity index (χ2n) is 6.27. The van der Waals surface area contributed by atoms with Crippen LogP contribution in [0.4, 0.5) is 10.5 Å². The highest BCUT2D eigenvalue weighted by Crippen LogP contribution is 2.20. The van der Waals surface area contributed by atoms with Gasteiger partial charge < -0.3 is 15.0 Å². The molecule has 3 rings (SSSR count). The van der Waals surface area contributed by atoms with Crippen LogP contribution in [0.3, 0.4) is 0 Å². The minimum Gasteiger partial charge on any atom is -0.454 e. The van der Waals surface area contributed by atoms with Gasteiger partial charge in [-0.05, 0) is 23.3 Å². The predicted octanol–water partition coefficient (Wildman–Crippen LogP) is 1.73. The van der Waals surface area contributed by atoms with E-state index >= 15 is 0 Å². The molecule has 0 saturated carbocycles. The van der Waals surface area contributed by atoms with E-state index in [0.29, 0.717) is 5.69 Å². The summed E-state index contributed by atoms with van der Waals surface area (Å²) >= 11 is 0. The molecule has 0 aliphatic carbocycles. The number of esters is 1. The van der Waals surface area contributed by atoms with Gasteiger partial charge >= 0.3 is 12.0 Å². The van der Waals surface area contributed by atoms with E-state index in [1.807, 2.05) is 42.5 Å². The van der Waals surface area contributed by atoms with Crippen LogP contribution >= 0.6 is 0 Å². The zero-order chi connectivity index (χ0) is 20.1. The average Bonchev–Trinajstić information content (AvgIpc) is 2.94. The molecule has 2 aromatic rings. The zero-order valence-electron chi connectivity index (χ0n) is 15.3. The van der Waals surface area contributed by atoms with E-state index in [2.05, 4.69) is 5.32 Å². The zero-order valence-corrected chi connectivity index (χ0v) is 15.3. The fraction of sp³-hybridized carbons (Fsp3) is 0.200. The predicted molar refractivity (Wildman–Crippen MR) is 101 cm³/mol. The summed E-state index contributed by atoms with van der Waals surface area (Å²) in [5.41, 5.74) is 2.63. The summed E-state index contributed by atoms with van der Waals surface area (Å²) in [6.45, 7) is -1.10. The van der Waals surface area contributed by atoms with Crippen molar-refractivity contribution in [2.45, 2.75) is 0 Å². The molecule has 1 N–H and O–H groups in total. The molecule has 1 aliphatic heterocycles. The molecule has 1 aliphatic rings. The van der Waals surface area contributed by atoms with Crippen LogP contribution in [0, 0.1) is 0 Å². The SMILES string of the molecule is CN1CC(=O)N(CC(=O)OCC(=O)Nc2ccc(-c3ccccc3)cc2)C1=O. The van der Waals surface area contributed by atoms with Crippen molar-refractivity contribution in [2.24, 2.45) is 0 Å². The van der Waals surface area contributed by atoms with Gasteiger partial charge in [-0.3, -0.25) is 19.3 Å². The maximum absolute atomic E-state index is 11.9. The quantitative estimate of drug-likeness (QED) is 0.607. The summed E-state index contributed by atoms with van der Waals surface area (Å²) < 4.78 is 4.85. The van der Waals surface area contributed by atoms with Gasteiger partial charge in [-0.15, -0.1) is 0 Å². The Morgan fingerprint density at radius 3 is 2.25 bits per heavy atom. The molecule has 8 heteroatoms. The van der Waals surface area contributed by atoms with Gasteiger partial charge in [-0.25, -0.2) is 4.79 Å². The molecule has 1 heterocycles. The molecule has 0 radical (unpaired) electrons. The summed E-state index contributed by atoms with van der Waals surface area (Å²) in [5.74, 6) is -1.82. The lowest BCUT2D eigenvalue weighted by atomic mass is 10.1. The molecule has 1 fully saturated rings. The molecule has 0 spiro atoms. The summed E-state index contributed by atoms with van der Waals surface area (Å²) in [6.07, 6.45) is 0. The van der Waals surface area contributed by atoms with E-state index < -0.39 is 37.0 Å². The number of rotatable bonds is 6. The van der Waals surface area contributed by atoms with Crippen molar-refractivity contribution in [3.8, 4) is 11.1 Å². The number of hydrogen-bond acceptors (Lipinski definition) is 5. The molecule has 28 heavy (non-hydrogen) atoms. The van der Waals surface area contributed by atoms with Gasteiger partial charge in [0.25, 0.3) is 11.8 Å². The number of anilines is 1. The van der Waals surface area contributed by atoms with Gasteiger partial charge in [0.2, 0.25) is 0 Å². The number of nitrogens with one attached hydrogen (secondary N) is 1. The third-order valence-electron chi connectivity index (χ3n) is 4.16. The number of nitrogens with zero attached hydrogens (tertiary/aromatic N) is 2. The maximum atomic E-state index is 11.9. The molecule has 0 bridgehead atoms. The lowest BCUT2D eigenvalue weighted by Crippen LogP contribution is -2.37. The summed E-state index contributed by atoms with van der Waals surface area (Å²) in [7, 11) is 1.46. The smallest absolute Gasteiger partial charge is 0.327 e. The Bertz CT molecular complexity index is 896. The van der Waals surface area contributed by atoms with Crippen molar-refractivity contribution >= 4 is 29.5 Å². The molecule has 0 unspecified atom stereocenters. The van der Waals surface area contributed by atoms with Crippen molar-refractivity contribution in [3.05, 3.63) is 54.6 Å². The number of carbonyl (C=O) groups is 4. The Kier molecular flexibility index (Phi) is 5.69. The summed E-state index contributed by atoms with van der Waals surface area (Å²) in [4.78, 5) is 49.0. The van der Waals surface area contributed by atoms with Crippen LogP contribution in [0.15, 0.2) is 54.6 Å². The van der Waals surface area contributed by atoms with Crippen LogP contribution in [0.5, 0.6) is 0 Å². The Morgan fingerprint density at radius 1 is 1.00 bits per heavy atom. The standard InChI is InChI=1S/C20H19N3O5/c1-22-11-18(25)23(20(22)27)12-19(26)28-13-17(24)21-16-9-7-15(8-10-16)14-5-3-2-4-6-14/h2-10H,11-13H2,1H3,(H,21,24). The van der Waals surface area contributed by atoms with Crippen molar-refractivity contribution in [1.82, 2.24) is 9.80 Å². The highest BCUT2D eigenvalue weighted by Gasteiger charge is 2.35. The first-order valence-electron chi connectivity index (χ1n) is 8.60. The van der Waals surface area contributed by atoms with Crippen LogP contribution in [0.1, 0.15) is 0 Å². The van der Waals surface area contributed by atoms with Crippen molar-refractivity contribution < 1.29 is 23.9 Å². The first-order valence-corrected chi connectivity index (χ1v) is 8.60. The van der Waals surface area contributed by atoms with Crippen molar-refractivity contribution in [3.63, 3.8) is 0 Å². The summed E-state index contributed by atoms with van der Waals surface area (Å²) in [5, 5.41) is 2.62. The number of carbonyl (C=O) groups excluding carboxylic acids is 4. The Morgan fingerprint density at radius 2 is 1.64 bits per heavy atom. The second-order valence-corrected chi connectivity index (χ2v) is 6.27. The van der Waals surface area contributed by atoms with E-state index in [4.69, 9.17) is 4.74 Å². The normalized spacial score (nSPS) is 13.6. The molecule has 0 atom stereocenters. The molecule has 8 nitrogen and oxygen atoms in total. The third-order valence-corrected chi connectivity index (χ3v) is 4.16. The first-order chi connectivity index (χ1) is 13.4. The van der Waals surface area contributed by atoms with Crippen LogP contribution in [-0.2, 0) is 19.1 Å². The van der Waals surface area contributed by atoms with Gasteiger partial charge in [0, 0.05) is 12.7 Å². The topological polar surface area (TPSA) is 96.0 Å². The number of hydrogen-bond donors (Lipinski definition) is 1. The average molecular weight is 381 g/mol. The van der Waals surface area contributed by atoms with Gasteiger partial charge in [0.1, 0.15) is 13.1 Å². The number of benzene rings is 2. The molecule has 0 aromatic heterocycles. The number of ether oxygens (including phenoxy) is 1. The molecular formula is C20H19N3O5. The van der Waals surface area contributed by atoms with Crippen LogP contribution in [0.25, 0.3) is 11.1 Å². The number of likely N-dealkylation sites (N-methyl/N-ethyl adjacent to an activating group) is 1. The lowest BCUT2D eigenvalue weighted by molar-refractivity contribution is -0.149. The highest BCUT2D eigenvalue weighted by molar-refractivity contribution is 6.04. The van der Waals surface area contributed by atoms with E-state index in [0.717, 1.165) is 16.0 Å². The van der Waals surface area contributed by atoms with Gasteiger partial charge in [0.05, 0.1) is 0 Å². The lowest BCUT2D eigenvalue weighted by Gasteiger charge is -2.13. The fourth-order valence-corrected chi connectivity index (χ4v) is 2.72. The van der Waals surface area contributed by atoms with Crippen LogP contribution in [0.2, 0.25) is 0 Å². The third kappa shape index (κ3) is 4.53. The van der Waals surface area contributed by atoms with Gasteiger partial charge in [-0.1, -0.05) is 42.5 Å². The Hall–Kier alpha value is -3.68. The summed E-state index contributed by atoms with van der Waals surface area (Å²) in [6, 6.07) is 16.5. The van der Waals surface area contributed by atoms with Gasteiger partial charge in [-0.2, -0.15) is 0 Å². The molecule has 2 aromatic carbocycles. The first kappa shape index (κ1) is 19.1. The largest absolute Gasteiger partial charge is 0.454 e. The molecular weight excluding hydrogens is 362 g/mol. The van der Waals surface area contributed by atoms with Crippen molar-refractivity contribution in [1.29, 1.82) is 0 Å². The molecule has 144 valence electrons. The van der Waals surface area contributed by atoms with Crippen LogP contribution < -0.4 is 5.32 Å². The minimum absolute atomic E-state index is 0.0778. The van der Waals surface area contributed by atoms with E-state index in [1.165, 1.54) is 11.9 Å². The minimum atomic E-state index is -0.827. The van der Waals surface area contributed by atoms with E-state index in [1.54, 1.807) is 12.1 Å². The molecule has 1 saturated heterocycles. The Labute approximate surface area is 161 Å². The molecule has 4 amide bonds. The number of amides is 4. The van der Waals surface area contributed by atoms with Crippen molar-refractivity contribution in [2.75, 3.05) is 32.1 Å². The second kappa shape index (κ2) is 8.34. The van der Waals surface area contributed by atoms with Gasteiger partial charge in [0.15, 0.2) is 6.61 Å². The number of urea groups is 1. The fourth-order valence-electron chi connectivity index (χ4n) is 2.72. The maximum Gasteiger partial charge on any atom is 0.327 e. The monoisotopic (exact) mass is 381 g/mol. The highest BCUT2D eigenvalue weighted by atomic mass is 16.5. The van der Waals surface area contributed by atoms with E-state index in [-0.39, 0.29) is 6.54 Å². The van der Waals surface area contributed by atoms with Crippen LogP contribution in [-0.4, -0.2) is 60.4 Å². The number of imide groups is 1. The Balaban J connectivity index is 1.47.